The van der Waals surface area contributed by atoms with Crippen molar-refractivity contribution in [3.63, 3.8) is 0 Å². The van der Waals surface area contributed by atoms with Gasteiger partial charge >= 0.3 is 5.97 Å². The Morgan fingerprint density at radius 2 is 0.843 bits per heavy atom. The van der Waals surface area contributed by atoms with Crippen LogP contribution in [0.25, 0.3) is 0 Å². The molecular formula is C76H124O39. The molecule has 662 valence electrons. The summed E-state index contributed by atoms with van der Waals surface area (Å²) in [4.78, 5) is 15.5. The standard InChI is InChI=1S/C76H124O39/c1-27-40(83)57(110-62-49(92)43(86)32(81)24-100-62)52(95)66(103-27)111-58-41(84)29(3)104-67(54(58)97)114-61-44(87)33(82)25-101-69(61)108-39-13-14-72(6)37(73(39,7)26-80)12-15-75(9)38(72)11-10-30-31-20-71(4,5)16-18-76(31,19-17-74(30,75)8)70(99)115-64-51(94)48(91)56(36(23-79)107-64)109-65-53(96)59(42(85)28(2)102-65)112-68-55(98)60(46(89)35(22-78)106-68)113-63-50(93)47(90)45(88)34(21-77)105-63/h10,27-29,31-69,77-98H,11-26H2,1-9H3. The molecule has 0 aromatic rings. The highest BCUT2D eigenvalue weighted by Crippen LogP contribution is 2.76. The van der Waals surface area contributed by atoms with E-state index in [4.69, 9.17) is 75.8 Å². The number of aliphatic hydroxyl groups is 22. The van der Waals surface area contributed by atoms with Gasteiger partial charge in [0.2, 0.25) is 6.29 Å². The van der Waals surface area contributed by atoms with Gasteiger partial charge in [0.05, 0.1) is 69.5 Å². The number of aliphatic hydroxyl groups excluding tert-OH is 22. The molecule has 115 heavy (non-hydrogen) atoms. The smallest absolute Gasteiger partial charge is 0.315 e. The van der Waals surface area contributed by atoms with Gasteiger partial charge in [-0.1, -0.05) is 53.2 Å². The Bertz CT molecular complexity index is 3290. The average molecular weight is 1660 g/mol. The van der Waals surface area contributed by atoms with Crippen molar-refractivity contribution in [2.24, 2.45) is 50.2 Å². The number of hydrogen-bond donors (Lipinski definition) is 22. The molecular weight excluding hydrogens is 1540 g/mol. The van der Waals surface area contributed by atoms with E-state index in [0.717, 1.165) is 5.57 Å². The van der Waals surface area contributed by atoms with Crippen molar-refractivity contribution in [1.82, 2.24) is 0 Å². The number of allylic oxidation sites excluding steroid dienone is 2. The normalized spacial score (nSPS) is 55.5. The van der Waals surface area contributed by atoms with E-state index in [2.05, 4.69) is 40.7 Å². The summed E-state index contributed by atoms with van der Waals surface area (Å²) in [5, 5.41) is 244. The van der Waals surface area contributed by atoms with Crippen molar-refractivity contribution >= 4 is 5.97 Å². The van der Waals surface area contributed by atoms with Crippen LogP contribution >= 0.6 is 0 Å². The zero-order valence-corrected chi connectivity index (χ0v) is 65.9. The zero-order chi connectivity index (χ0) is 83.7. The van der Waals surface area contributed by atoms with E-state index in [-0.39, 0.29) is 29.8 Å². The van der Waals surface area contributed by atoms with Crippen LogP contribution in [0.1, 0.15) is 127 Å². The Balaban J connectivity index is 0.669. The molecule has 47 unspecified atom stereocenters. The predicted molar refractivity (Wildman–Crippen MR) is 379 cm³/mol. The number of esters is 1. The molecule has 22 N–H and O–H groups in total. The highest BCUT2D eigenvalue weighted by molar-refractivity contribution is 5.79. The van der Waals surface area contributed by atoms with E-state index in [9.17, 15) is 112 Å². The number of fused-ring (bicyclic) bond motifs is 7. The van der Waals surface area contributed by atoms with Crippen molar-refractivity contribution in [3.8, 4) is 0 Å². The van der Waals surface area contributed by atoms with Crippen LogP contribution in [-0.4, -0.2) is 397 Å². The summed E-state index contributed by atoms with van der Waals surface area (Å²) in [5.41, 5.74) is -2.63. The minimum Gasteiger partial charge on any atom is -0.432 e. The lowest BCUT2D eigenvalue weighted by Gasteiger charge is -2.71. The van der Waals surface area contributed by atoms with Crippen LogP contribution in [0.2, 0.25) is 0 Å². The van der Waals surface area contributed by atoms with Crippen molar-refractivity contribution in [1.29, 1.82) is 0 Å². The number of rotatable bonds is 20. The third kappa shape index (κ3) is 16.0. The van der Waals surface area contributed by atoms with Crippen LogP contribution < -0.4 is 0 Å². The first kappa shape index (κ1) is 90.5. The molecule has 0 aromatic heterocycles. The van der Waals surface area contributed by atoms with Crippen LogP contribution in [0.5, 0.6) is 0 Å². The van der Waals surface area contributed by atoms with Gasteiger partial charge in [0.15, 0.2) is 44.0 Å². The van der Waals surface area contributed by atoms with Gasteiger partial charge in [-0.15, -0.1) is 0 Å². The number of ether oxygens (including phenoxy) is 16. The molecule has 0 amide bonds. The Hall–Kier alpha value is -2.27. The monoisotopic (exact) mass is 1660 g/mol. The molecule has 0 bridgehead atoms. The van der Waals surface area contributed by atoms with Gasteiger partial charge < -0.3 is 188 Å². The summed E-state index contributed by atoms with van der Waals surface area (Å²) in [7, 11) is 0. The fourth-order valence-corrected chi connectivity index (χ4v) is 21.7. The summed E-state index contributed by atoms with van der Waals surface area (Å²) >= 11 is 0. The molecule has 0 spiro atoms. The molecule has 39 heteroatoms. The minimum atomic E-state index is -2.09. The third-order valence-corrected chi connectivity index (χ3v) is 29.1. The van der Waals surface area contributed by atoms with Crippen molar-refractivity contribution in [2.45, 2.75) is 366 Å². The first-order chi connectivity index (χ1) is 54.1. The maximum Gasteiger partial charge on any atom is 0.315 e. The van der Waals surface area contributed by atoms with E-state index in [1.54, 1.807) is 0 Å². The predicted octanol–water partition coefficient (Wildman–Crippen LogP) is -7.41. The Morgan fingerprint density at radius 1 is 0.400 bits per heavy atom. The second-order valence-electron chi connectivity index (χ2n) is 36.4. The van der Waals surface area contributed by atoms with Gasteiger partial charge in [0.1, 0.15) is 165 Å². The topological polar surface area (TPSA) is 610 Å². The lowest BCUT2D eigenvalue weighted by atomic mass is 9.33. The number of carbonyl (C=O) groups is 1. The molecule has 5 aliphatic carbocycles. The SMILES string of the molecule is CC1OC(OC2C(O)C(C)OC(OC3C(OC4CCC5(C)C(CCC6(C)C5CC=C5C7CC(C)(C)CCC7(C(=O)OC7OC(CO)C(OC8OC(C)C(O)C(OC9OC(CO)C(O)C(OC%10OC(CO)C(O)C(O)C%10O)C9O)C8O)C(O)C7O)CCC56C)C4(C)CO)OCC(O)C3O)C2O)C(O)C(OC2OCC(O)C(O)C2O)C1O. The molecule has 8 heterocycles. The van der Waals surface area contributed by atoms with E-state index >= 15 is 4.79 Å². The largest absolute Gasteiger partial charge is 0.432 e. The summed E-state index contributed by atoms with van der Waals surface area (Å²) < 4.78 is 95.4. The van der Waals surface area contributed by atoms with Gasteiger partial charge in [-0.3, -0.25) is 4.79 Å². The fourth-order valence-electron chi connectivity index (χ4n) is 21.7. The summed E-state index contributed by atoms with van der Waals surface area (Å²) in [6.07, 6.45) is -58.5. The Kier molecular flexibility index (Phi) is 27.3. The molecule has 4 saturated carbocycles. The second kappa shape index (κ2) is 34.7. The molecule has 8 aliphatic heterocycles. The molecule has 0 aromatic carbocycles. The maximum absolute atomic E-state index is 15.5. The summed E-state index contributed by atoms with van der Waals surface area (Å²) in [6.45, 7) is 13.5. The lowest BCUT2D eigenvalue weighted by molar-refractivity contribution is -0.387. The van der Waals surface area contributed by atoms with Gasteiger partial charge in [-0.2, -0.15) is 0 Å². The van der Waals surface area contributed by atoms with E-state index < -0.39 is 306 Å². The highest BCUT2D eigenvalue weighted by atomic mass is 16.8. The van der Waals surface area contributed by atoms with Gasteiger partial charge in [-0.05, 0) is 124 Å². The van der Waals surface area contributed by atoms with Gasteiger partial charge in [0.25, 0.3) is 0 Å². The van der Waals surface area contributed by atoms with E-state index in [1.165, 1.54) is 20.8 Å². The Morgan fingerprint density at radius 3 is 1.38 bits per heavy atom. The minimum absolute atomic E-state index is 0.0169. The van der Waals surface area contributed by atoms with Crippen molar-refractivity contribution in [2.75, 3.05) is 39.6 Å². The molecule has 13 aliphatic rings. The zero-order valence-electron chi connectivity index (χ0n) is 65.9. The highest BCUT2D eigenvalue weighted by Gasteiger charge is 2.71. The summed E-state index contributed by atoms with van der Waals surface area (Å²) in [5.74, 6) is -1.23. The van der Waals surface area contributed by atoms with Crippen LogP contribution in [-0.2, 0) is 80.6 Å². The molecule has 47 atom stereocenters. The molecule has 12 fully saturated rings. The Labute approximate surface area is 664 Å². The van der Waals surface area contributed by atoms with Gasteiger partial charge in [-0.25, -0.2) is 0 Å². The van der Waals surface area contributed by atoms with Gasteiger partial charge in [0, 0.05) is 5.41 Å². The van der Waals surface area contributed by atoms with E-state index in [1.807, 2.05) is 6.92 Å². The summed E-state index contributed by atoms with van der Waals surface area (Å²) in [6, 6.07) is 0. The van der Waals surface area contributed by atoms with Crippen molar-refractivity contribution in [3.05, 3.63) is 11.6 Å². The number of hydrogen-bond acceptors (Lipinski definition) is 39. The van der Waals surface area contributed by atoms with Crippen LogP contribution in [0, 0.1) is 50.2 Å². The quantitative estimate of drug-likeness (QED) is 0.0306. The van der Waals surface area contributed by atoms with Crippen LogP contribution in [0.15, 0.2) is 11.6 Å². The van der Waals surface area contributed by atoms with Crippen molar-refractivity contribution < 1.29 is 193 Å². The maximum atomic E-state index is 15.5. The first-order valence-electron chi connectivity index (χ1n) is 40.4. The molecule has 0 radical (unpaired) electrons. The van der Waals surface area contributed by atoms with E-state index in [0.29, 0.717) is 64.2 Å². The van der Waals surface area contributed by atoms with Crippen LogP contribution in [0.4, 0.5) is 0 Å². The second-order valence-corrected chi connectivity index (χ2v) is 36.4. The molecule has 39 nitrogen and oxygen atoms in total. The van der Waals surface area contributed by atoms with Crippen LogP contribution in [0.3, 0.4) is 0 Å². The average Bonchev–Trinajstić information content (AvgIpc) is 0.673. The fraction of sp³-hybridized carbons (Fsp3) is 0.961. The molecule has 8 saturated heterocycles. The first-order valence-corrected chi connectivity index (χ1v) is 40.4. The number of carbonyl (C=O) groups excluding carboxylic acids is 1. The molecule has 13 rings (SSSR count). The third-order valence-electron chi connectivity index (χ3n) is 29.1. The lowest BCUT2D eigenvalue weighted by Crippen LogP contribution is -2.67.